The second-order valence-electron chi connectivity index (χ2n) is 7.19. The van der Waals surface area contributed by atoms with Crippen LogP contribution in [0.5, 0.6) is 23.0 Å². The molecule has 1 atom stereocenters. The molecule has 1 heterocycles. The third-order valence-corrected chi connectivity index (χ3v) is 5.21. The van der Waals surface area contributed by atoms with E-state index in [1.54, 1.807) is 26.4 Å². The Labute approximate surface area is 181 Å². The second-order valence-corrected chi connectivity index (χ2v) is 7.19. The molecule has 1 aliphatic heterocycles. The van der Waals surface area contributed by atoms with E-state index < -0.39 is 0 Å². The summed E-state index contributed by atoms with van der Waals surface area (Å²) >= 11 is 0. The molecule has 4 rings (SSSR count). The molecule has 0 radical (unpaired) electrons. The fourth-order valence-electron chi connectivity index (χ4n) is 3.62. The van der Waals surface area contributed by atoms with Crippen LogP contribution in [0, 0.1) is 0 Å². The van der Waals surface area contributed by atoms with Crippen LogP contribution in [-0.2, 0) is 6.61 Å². The lowest BCUT2D eigenvalue weighted by Crippen LogP contribution is -2.32. The van der Waals surface area contributed by atoms with Gasteiger partial charge in [-0.2, -0.15) is 0 Å². The number of fused-ring (bicyclic) bond motifs is 1. The van der Waals surface area contributed by atoms with Gasteiger partial charge in [0.2, 0.25) is 5.75 Å². The molecule has 0 aromatic heterocycles. The minimum atomic E-state index is -0.215. The average Bonchev–Trinajstić information content (AvgIpc) is 2.83. The Balaban J connectivity index is 1.55. The highest BCUT2D eigenvalue weighted by atomic mass is 16.5. The van der Waals surface area contributed by atoms with Crippen molar-refractivity contribution in [3.05, 3.63) is 83.4 Å². The molecular weight excluding hydrogens is 394 g/mol. The van der Waals surface area contributed by atoms with E-state index in [1.165, 1.54) is 0 Å². The van der Waals surface area contributed by atoms with Gasteiger partial charge in [0, 0.05) is 17.5 Å². The smallest absolute Gasteiger partial charge is 0.252 e. The summed E-state index contributed by atoms with van der Waals surface area (Å²) in [6.07, 6.45) is 0.704. The number of para-hydroxylation sites is 1. The molecule has 0 saturated heterocycles. The SMILES string of the molecule is COc1cc(C(=O)N[C@H]2CCOc3ccccc32)cc(OC)c1OCc1ccccc1. The number of amides is 1. The predicted molar refractivity (Wildman–Crippen MR) is 117 cm³/mol. The van der Waals surface area contributed by atoms with Crippen LogP contribution in [0.15, 0.2) is 66.7 Å². The molecule has 0 unspecified atom stereocenters. The lowest BCUT2D eigenvalue weighted by atomic mass is 10.00. The highest BCUT2D eigenvalue weighted by Gasteiger charge is 2.24. The number of carbonyl (C=O) groups excluding carboxylic acids is 1. The largest absolute Gasteiger partial charge is 0.493 e. The van der Waals surface area contributed by atoms with Gasteiger partial charge in [0.25, 0.3) is 5.91 Å². The molecule has 3 aromatic rings. The third-order valence-electron chi connectivity index (χ3n) is 5.21. The van der Waals surface area contributed by atoms with Gasteiger partial charge in [-0.3, -0.25) is 4.79 Å². The summed E-state index contributed by atoms with van der Waals surface area (Å²) in [5.41, 5.74) is 2.43. The van der Waals surface area contributed by atoms with Crippen molar-refractivity contribution >= 4 is 5.91 Å². The number of benzene rings is 3. The van der Waals surface area contributed by atoms with E-state index in [1.807, 2.05) is 54.6 Å². The lowest BCUT2D eigenvalue weighted by Gasteiger charge is -2.26. The van der Waals surface area contributed by atoms with E-state index in [0.717, 1.165) is 16.9 Å². The predicted octanol–water partition coefficient (Wildman–Crippen LogP) is 4.54. The maximum atomic E-state index is 13.0. The number of nitrogens with one attached hydrogen (secondary N) is 1. The van der Waals surface area contributed by atoms with Crippen LogP contribution in [-0.4, -0.2) is 26.7 Å². The zero-order chi connectivity index (χ0) is 21.6. The van der Waals surface area contributed by atoms with E-state index in [4.69, 9.17) is 18.9 Å². The summed E-state index contributed by atoms with van der Waals surface area (Å²) in [5.74, 6) is 1.93. The molecule has 6 heteroatoms. The molecule has 0 spiro atoms. The second kappa shape index (κ2) is 9.43. The van der Waals surface area contributed by atoms with Crippen LogP contribution in [0.25, 0.3) is 0 Å². The Morgan fingerprint density at radius 2 is 1.68 bits per heavy atom. The summed E-state index contributed by atoms with van der Waals surface area (Å²) in [6.45, 7) is 0.916. The Kier molecular flexibility index (Phi) is 6.26. The molecule has 1 aliphatic rings. The van der Waals surface area contributed by atoms with E-state index in [0.29, 0.717) is 42.4 Å². The normalized spacial score (nSPS) is 14.7. The number of carbonyl (C=O) groups is 1. The van der Waals surface area contributed by atoms with Crippen LogP contribution in [0.4, 0.5) is 0 Å². The van der Waals surface area contributed by atoms with Crippen molar-refractivity contribution in [3.8, 4) is 23.0 Å². The first kappa shape index (κ1) is 20.6. The fourth-order valence-corrected chi connectivity index (χ4v) is 3.62. The summed E-state index contributed by atoms with van der Waals surface area (Å²) in [4.78, 5) is 13.0. The van der Waals surface area contributed by atoms with Gasteiger partial charge in [0.05, 0.1) is 26.9 Å². The fraction of sp³-hybridized carbons (Fsp3) is 0.240. The van der Waals surface area contributed by atoms with Crippen molar-refractivity contribution in [1.29, 1.82) is 0 Å². The van der Waals surface area contributed by atoms with Gasteiger partial charge < -0.3 is 24.3 Å². The minimum absolute atomic E-state index is 0.122. The van der Waals surface area contributed by atoms with E-state index in [2.05, 4.69) is 5.32 Å². The highest BCUT2D eigenvalue weighted by Crippen LogP contribution is 2.39. The van der Waals surface area contributed by atoms with E-state index >= 15 is 0 Å². The number of rotatable bonds is 7. The van der Waals surface area contributed by atoms with Gasteiger partial charge in [-0.05, 0) is 23.8 Å². The molecule has 0 fully saturated rings. The van der Waals surface area contributed by atoms with E-state index in [9.17, 15) is 4.79 Å². The van der Waals surface area contributed by atoms with Crippen LogP contribution in [0.2, 0.25) is 0 Å². The molecule has 0 bridgehead atoms. The van der Waals surface area contributed by atoms with Crippen LogP contribution >= 0.6 is 0 Å². The number of hydrogen-bond donors (Lipinski definition) is 1. The van der Waals surface area contributed by atoms with E-state index in [-0.39, 0.29) is 11.9 Å². The first-order chi connectivity index (χ1) is 15.2. The first-order valence-corrected chi connectivity index (χ1v) is 10.1. The standard InChI is InChI=1S/C25H25NO5/c1-28-22-14-18(15-23(29-2)24(22)31-16-17-8-4-3-5-9-17)25(27)26-20-12-13-30-21-11-7-6-10-19(20)21/h3-11,14-15,20H,12-13,16H2,1-2H3,(H,26,27)/t20-/m0/s1. The Morgan fingerprint density at radius 3 is 2.39 bits per heavy atom. The maximum absolute atomic E-state index is 13.0. The Bertz CT molecular complexity index is 1030. The Hall–Kier alpha value is -3.67. The lowest BCUT2D eigenvalue weighted by molar-refractivity contribution is 0.0924. The minimum Gasteiger partial charge on any atom is -0.493 e. The molecule has 31 heavy (non-hydrogen) atoms. The number of methoxy groups -OCH3 is 2. The number of ether oxygens (including phenoxy) is 4. The molecule has 0 saturated carbocycles. The van der Waals surface area contributed by atoms with Crippen LogP contribution in [0.1, 0.15) is 33.9 Å². The first-order valence-electron chi connectivity index (χ1n) is 10.1. The average molecular weight is 419 g/mol. The molecular formula is C25H25NO5. The zero-order valence-corrected chi connectivity index (χ0v) is 17.6. The third kappa shape index (κ3) is 4.58. The molecule has 1 amide bonds. The van der Waals surface area contributed by atoms with Gasteiger partial charge >= 0.3 is 0 Å². The molecule has 1 N–H and O–H groups in total. The van der Waals surface area contributed by atoms with Crippen molar-refractivity contribution in [2.24, 2.45) is 0 Å². The van der Waals surface area contributed by atoms with Crippen molar-refractivity contribution < 1.29 is 23.7 Å². The zero-order valence-electron chi connectivity index (χ0n) is 17.6. The molecule has 0 aliphatic carbocycles. The summed E-state index contributed by atoms with van der Waals surface area (Å²) in [7, 11) is 3.08. The van der Waals surface area contributed by atoms with Crippen molar-refractivity contribution in [1.82, 2.24) is 5.32 Å². The van der Waals surface area contributed by atoms with Gasteiger partial charge in [0.15, 0.2) is 11.5 Å². The van der Waals surface area contributed by atoms with Crippen molar-refractivity contribution in [2.45, 2.75) is 19.1 Å². The maximum Gasteiger partial charge on any atom is 0.252 e. The quantitative estimate of drug-likeness (QED) is 0.609. The topological polar surface area (TPSA) is 66.0 Å². The van der Waals surface area contributed by atoms with Gasteiger partial charge in [0.1, 0.15) is 12.4 Å². The number of hydrogen-bond acceptors (Lipinski definition) is 5. The summed E-state index contributed by atoms with van der Waals surface area (Å²) in [5, 5.41) is 3.10. The molecule has 6 nitrogen and oxygen atoms in total. The Morgan fingerprint density at radius 1 is 1.00 bits per heavy atom. The summed E-state index contributed by atoms with van der Waals surface area (Å²) in [6, 6.07) is 20.8. The van der Waals surface area contributed by atoms with Crippen molar-refractivity contribution in [3.63, 3.8) is 0 Å². The monoisotopic (exact) mass is 419 g/mol. The van der Waals surface area contributed by atoms with Gasteiger partial charge in [-0.15, -0.1) is 0 Å². The molecule has 160 valence electrons. The van der Waals surface area contributed by atoms with Crippen LogP contribution in [0.3, 0.4) is 0 Å². The van der Waals surface area contributed by atoms with Gasteiger partial charge in [-0.1, -0.05) is 48.5 Å². The van der Waals surface area contributed by atoms with Crippen LogP contribution < -0.4 is 24.3 Å². The van der Waals surface area contributed by atoms with Crippen molar-refractivity contribution in [2.75, 3.05) is 20.8 Å². The highest BCUT2D eigenvalue weighted by molar-refractivity contribution is 5.96. The molecule has 3 aromatic carbocycles. The summed E-state index contributed by atoms with van der Waals surface area (Å²) < 4.78 is 22.7. The van der Waals surface area contributed by atoms with Gasteiger partial charge in [-0.25, -0.2) is 0 Å².